The summed E-state index contributed by atoms with van der Waals surface area (Å²) in [6.45, 7) is 2.21. The second kappa shape index (κ2) is 6.75. The van der Waals surface area contributed by atoms with Crippen LogP contribution in [0.4, 0.5) is 10.2 Å². The smallest absolute Gasteiger partial charge is 0.165 e. The van der Waals surface area contributed by atoms with Gasteiger partial charge in [-0.2, -0.15) is 5.10 Å². The van der Waals surface area contributed by atoms with Crippen molar-refractivity contribution in [3.8, 4) is 0 Å². The molecule has 4 heterocycles. The molecule has 7 nitrogen and oxygen atoms in total. The van der Waals surface area contributed by atoms with Gasteiger partial charge in [0.2, 0.25) is 0 Å². The lowest BCUT2D eigenvalue weighted by atomic mass is 9.95. The third-order valence-electron chi connectivity index (χ3n) is 5.47. The zero-order valence-electron chi connectivity index (χ0n) is 15.1. The third-order valence-corrected chi connectivity index (χ3v) is 5.47. The van der Waals surface area contributed by atoms with Crippen molar-refractivity contribution in [2.24, 2.45) is 0 Å². The van der Waals surface area contributed by atoms with Crippen LogP contribution >= 0.6 is 0 Å². The molecule has 1 aliphatic heterocycles. The molecule has 0 unspecified atom stereocenters. The van der Waals surface area contributed by atoms with Gasteiger partial charge in [-0.1, -0.05) is 0 Å². The van der Waals surface area contributed by atoms with Gasteiger partial charge in [-0.25, -0.2) is 9.37 Å². The van der Waals surface area contributed by atoms with Gasteiger partial charge in [0.15, 0.2) is 17.5 Å². The predicted molar refractivity (Wildman–Crippen MR) is 98.0 cm³/mol. The first-order valence-corrected chi connectivity index (χ1v) is 9.56. The fourth-order valence-electron chi connectivity index (χ4n) is 3.95. The SMILES string of the molecule is Fc1cccnc1N1CCC(c2nnc(Cn3cccn3)n2C2CC2)CC1. The van der Waals surface area contributed by atoms with E-state index >= 15 is 0 Å². The van der Waals surface area contributed by atoms with Crippen molar-refractivity contribution in [2.45, 2.75) is 44.2 Å². The third kappa shape index (κ3) is 3.20. The molecule has 1 saturated carbocycles. The minimum absolute atomic E-state index is 0.251. The molecule has 3 aromatic heterocycles. The Morgan fingerprint density at radius 3 is 2.59 bits per heavy atom. The topological polar surface area (TPSA) is 64.7 Å². The van der Waals surface area contributed by atoms with Crippen LogP contribution in [-0.2, 0) is 6.54 Å². The molecule has 5 rings (SSSR count). The Hall–Kier alpha value is -2.77. The molecule has 0 aromatic carbocycles. The van der Waals surface area contributed by atoms with E-state index in [1.807, 2.05) is 21.8 Å². The molecular weight excluding hydrogens is 345 g/mol. The minimum Gasteiger partial charge on any atom is -0.354 e. The van der Waals surface area contributed by atoms with E-state index in [0.29, 0.717) is 24.3 Å². The summed E-state index contributed by atoms with van der Waals surface area (Å²) < 4.78 is 18.2. The number of halogens is 1. The van der Waals surface area contributed by atoms with Crippen LogP contribution in [0.1, 0.15) is 49.3 Å². The largest absolute Gasteiger partial charge is 0.354 e. The van der Waals surface area contributed by atoms with Gasteiger partial charge < -0.3 is 9.47 Å². The van der Waals surface area contributed by atoms with Crippen LogP contribution in [-0.4, -0.2) is 42.6 Å². The van der Waals surface area contributed by atoms with Gasteiger partial charge >= 0.3 is 0 Å². The van der Waals surface area contributed by atoms with E-state index in [2.05, 4.69) is 24.8 Å². The Morgan fingerprint density at radius 1 is 1.04 bits per heavy atom. The molecule has 0 spiro atoms. The summed E-state index contributed by atoms with van der Waals surface area (Å²) in [6, 6.07) is 5.54. The number of hydrogen-bond acceptors (Lipinski definition) is 5. The molecular formula is C19H22FN7. The van der Waals surface area contributed by atoms with Crippen LogP contribution in [0, 0.1) is 5.82 Å². The van der Waals surface area contributed by atoms with Crippen molar-refractivity contribution in [2.75, 3.05) is 18.0 Å². The average Bonchev–Trinajstić information content (AvgIpc) is 3.24. The first-order chi connectivity index (χ1) is 13.3. The maximum absolute atomic E-state index is 14.0. The number of anilines is 1. The summed E-state index contributed by atoms with van der Waals surface area (Å²) in [4.78, 5) is 6.25. The van der Waals surface area contributed by atoms with E-state index in [1.165, 1.54) is 18.9 Å². The van der Waals surface area contributed by atoms with Crippen LogP contribution in [0.25, 0.3) is 0 Å². The van der Waals surface area contributed by atoms with Crippen molar-refractivity contribution in [3.05, 3.63) is 54.3 Å². The van der Waals surface area contributed by atoms with Crippen molar-refractivity contribution in [1.29, 1.82) is 0 Å². The molecule has 0 amide bonds. The molecule has 3 aromatic rings. The zero-order valence-corrected chi connectivity index (χ0v) is 15.1. The van der Waals surface area contributed by atoms with E-state index < -0.39 is 0 Å². The highest BCUT2D eigenvalue weighted by atomic mass is 19.1. The summed E-state index contributed by atoms with van der Waals surface area (Å²) in [6.07, 6.45) is 9.63. The second-order valence-electron chi connectivity index (χ2n) is 7.35. The quantitative estimate of drug-likeness (QED) is 0.694. The highest BCUT2D eigenvalue weighted by Crippen LogP contribution is 2.40. The van der Waals surface area contributed by atoms with Gasteiger partial charge in [0, 0.05) is 43.6 Å². The lowest BCUT2D eigenvalue weighted by Crippen LogP contribution is -2.35. The maximum atomic E-state index is 14.0. The Bertz CT molecular complexity index is 908. The zero-order chi connectivity index (χ0) is 18.2. The van der Waals surface area contributed by atoms with Crippen LogP contribution in [0.2, 0.25) is 0 Å². The molecule has 140 valence electrons. The first-order valence-electron chi connectivity index (χ1n) is 9.56. The summed E-state index contributed by atoms with van der Waals surface area (Å²) in [5.74, 6) is 2.63. The van der Waals surface area contributed by atoms with Crippen molar-refractivity contribution >= 4 is 5.82 Å². The van der Waals surface area contributed by atoms with Crippen LogP contribution < -0.4 is 4.90 Å². The maximum Gasteiger partial charge on any atom is 0.165 e. The standard InChI is InChI=1S/C19H22FN7/c20-16-3-1-8-21-19(16)25-11-6-14(7-12-25)18-24-23-17(27(18)15-4-5-15)13-26-10-2-9-22-26/h1-3,8-10,14-15H,4-7,11-13H2. The van der Waals surface area contributed by atoms with Crippen LogP contribution in [0.5, 0.6) is 0 Å². The molecule has 1 aliphatic carbocycles. The van der Waals surface area contributed by atoms with Crippen LogP contribution in [0.3, 0.4) is 0 Å². The molecule has 8 heteroatoms. The highest BCUT2D eigenvalue weighted by Gasteiger charge is 2.34. The Morgan fingerprint density at radius 2 is 1.89 bits per heavy atom. The number of piperidine rings is 1. The van der Waals surface area contributed by atoms with Gasteiger partial charge in [-0.15, -0.1) is 10.2 Å². The van der Waals surface area contributed by atoms with Gasteiger partial charge in [-0.05, 0) is 43.9 Å². The fourth-order valence-corrected chi connectivity index (χ4v) is 3.95. The molecule has 0 N–H and O–H groups in total. The Kier molecular flexibility index (Phi) is 4.10. The normalized spacial score (nSPS) is 18.2. The molecule has 0 radical (unpaired) electrons. The van der Waals surface area contributed by atoms with Crippen molar-refractivity contribution < 1.29 is 4.39 Å². The molecule has 2 aliphatic rings. The fraction of sp³-hybridized carbons (Fsp3) is 0.474. The molecule has 0 bridgehead atoms. The summed E-state index contributed by atoms with van der Waals surface area (Å²) in [5, 5.41) is 13.3. The first kappa shape index (κ1) is 16.4. The lowest BCUT2D eigenvalue weighted by Gasteiger charge is -2.32. The molecule has 2 fully saturated rings. The molecule has 0 atom stereocenters. The Labute approximate surface area is 156 Å². The van der Waals surface area contributed by atoms with Gasteiger partial charge in [0.25, 0.3) is 0 Å². The number of rotatable bonds is 5. The summed E-state index contributed by atoms with van der Waals surface area (Å²) in [5.41, 5.74) is 0. The predicted octanol–water partition coefficient (Wildman–Crippen LogP) is 2.78. The monoisotopic (exact) mass is 367 g/mol. The van der Waals surface area contributed by atoms with E-state index in [0.717, 1.165) is 37.6 Å². The Balaban J connectivity index is 1.34. The van der Waals surface area contributed by atoms with E-state index in [-0.39, 0.29) is 5.82 Å². The minimum atomic E-state index is -0.251. The van der Waals surface area contributed by atoms with Crippen molar-refractivity contribution in [3.63, 3.8) is 0 Å². The van der Waals surface area contributed by atoms with Gasteiger partial charge in [0.05, 0.1) is 0 Å². The second-order valence-corrected chi connectivity index (χ2v) is 7.35. The van der Waals surface area contributed by atoms with E-state index in [4.69, 9.17) is 0 Å². The number of nitrogens with zero attached hydrogens (tertiary/aromatic N) is 7. The number of aromatic nitrogens is 6. The van der Waals surface area contributed by atoms with E-state index in [1.54, 1.807) is 18.5 Å². The highest BCUT2D eigenvalue weighted by molar-refractivity contribution is 5.40. The van der Waals surface area contributed by atoms with E-state index in [9.17, 15) is 4.39 Å². The van der Waals surface area contributed by atoms with Crippen molar-refractivity contribution in [1.82, 2.24) is 29.5 Å². The number of hydrogen-bond donors (Lipinski definition) is 0. The van der Waals surface area contributed by atoms with Gasteiger partial charge in [0.1, 0.15) is 12.4 Å². The lowest BCUT2D eigenvalue weighted by molar-refractivity contribution is 0.454. The number of pyridine rings is 1. The summed E-state index contributed by atoms with van der Waals surface area (Å²) in [7, 11) is 0. The molecule has 1 saturated heterocycles. The summed E-state index contributed by atoms with van der Waals surface area (Å²) >= 11 is 0. The van der Waals surface area contributed by atoms with Gasteiger partial charge in [-0.3, -0.25) is 4.68 Å². The average molecular weight is 367 g/mol. The van der Waals surface area contributed by atoms with Crippen LogP contribution in [0.15, 0.2) is 36.8 Å². The molecule has 27 heavy (non-hydrogen) atoms.